The lowest BCUT2D eigenvalue weighted by atomic mass is 10.1. The van der Waals surface area contributed by atoms with E-state index in [9.17, 15) is 19.7 Å². The van der Waals surface area contributed by atoms with Crippen LogP contribution in [0.15, 0.2) is 42.5 Å². The summed E-state index contributed by atoms with van der Waals surface area (Å²) in [5.41, 5.74) is 0.528. The van der Waals surface area contributed by atoms with Crippen molar-refractivity contribution in [1.82, 2.24) is 0 Å². The Hall–Kier alpha value is -3.42. The number of methoxy groups -OCH3 is 1. The summed E-state index contributed by atoms with van der Waals surface area (Å²) < 4.78 is 10.2. The molecule has 8 heteroatoms. The smallest absolute Gasteiger partial charge is 0.339 e. The number of nitrogens with zero attached hydrogens (tertiary/aromatic N) is 1. The van der Waals surface area contributed by atoms with Crippen molar-refractivity contribution in [1.29, 1.82) is 0 Å². The highest BCUT2D eigenvalue weighted by atomic mass is 16.6. The number of rotatable bonds is 6. The van der Waals surface area contributed by atoms with E-state index in [1.54, 1.807) is 24.3 Å². The van der Waals surface area contributed by atoms with E-state index in [1.807, 2.05) is 0 Å². The van der Waals surface area contributed by atoms with Gasteiger partial charge in [-0.2, -0.15) is 0 Å². The second-order valence-electron chi connectivity index (χ2n) is 5.48. The Morgan fingerprint density at radius 2 is 1.88 bits per heavy atom. The van der Waals surface area contributed by atoms with Crippen LogP contribution in [0.3, 0.4) is 0 Å². The second-order valence-corrected chi connectivity index (χ2v) is 5.48. The molecule has 2 aromatic carbocycles. The molecule has 2 rings (SSSR count). The lowest BCUT2D eigenvalue weighted by Crippen LogP contribution is -2.30. The molecule has 0 aliphatic heterocycles. The molecule has 136 valence electrons. The third-order valence-electron chi connectivity index (χ3n) is 3.71. The Morgan fingerprint density at radius 3 is 2.54 bits per heavy atom. The fourth-order valence-electron chi connectivity index (χ4n) is 2.26. The molecule has 2 aromatic rings. The molecule has 0 saturated heterocycles. The first-order chi connectivity index (χ1) is 12.3. The quantitative estimate of drug-likeness (QED) is 0.483. The van der Waals surface area contributed by atoms with Crippen molar-refractivity contribution < 1.29 is 24.0 Å². The van der Waals surface area contributed by atoms with E-state index in [4.69, 9.17) is 9.47 Å². The van der Waals surface area contributed by atoms with Gasteiger partial charge in [-0.05, 0) is 32.0 Å². The number of nitrogens with one attached hydrogen (secondary N) is 1. The summed E-state index contributed by atoms with van der Waals surface area (Å²) in [6.45, 7) is 2.87. The van der Waals surface area contributed by atoms with Crippen LogP contribution < -0.4 is 10.1 Å². The van der Waals surface area contributed by atoms with E-state index in [1.165, 1.54) is 39.2 Å². The lowest BCUT2D eigenvalue weighted by Gasteiger charge is -2.14. The SMILES string of the molecule is COc1cccc(NC(=O)[C@@H](C)OC(=O)c2cccc([N+](=O)[O-])c2C)c1. The number of benzene rings is 2. The minimum absolute atomic E-state index is 0.0419. The number of nitro groups is 1. The van der Waals surface area contributed by atoms with Crippen LogP contribution in [0, 0.1) is 17.0 Å². The Kier molecular flexibility index (Phi) is 5.90. The van der Waals surface area contributed by atoms with Gasteiger partial charge in [-0.25, -0.2) is 4.79 Å². The molecular weight excluding hydrogens is 340 g/mol. The molecule has 0 radical (unpaired) electrons. The Bertz CT molecular complexity index is 849. The van der Waals surface area contributed by atoms with Crippen molar-refractivity contribution in [3.8, 4) is 5.75 Å². The number of hydrogen-bond acceptors (Lipinski definition) is 6. The highest BCUT2D eigenvalue weighted by Crippen LogP contribution is 2.22. The highest BCUT2D eigenvalue weighted by Gasteiger charge is 2.23. The molecule has 0 fully saturated rings. The van der Waals surface area contributed by atoms with E-state index < -0.39 is 22.9 Å². The van der Waals surface area contributed by atoms with E-state index in [-0.39, 0.29) is 16.8 Å². The minimum Gasteiger partial charge on any atom is -0.497 e. The molecule has 0 aliphatic carbocycles. The van der Waals surface area contributed by atoms with E-state index in [0.717, 1.165) is 0 Å². The summed E-state index contributed by atoms with van der Waals surface area (Å²) in [4.78, 5) is 34.8. The highest BCUT2D eigenvalue weighted by molar-refractivity contribution is 5.98. The zero-order valence-electron chi connectivity index (χ0n) is 14.5. The molecule has 0 spiro atoms. The third kappa shape index (κ3) is 4.35. The van der Waals surface area contributed by atoms with Crippen LogP contribution in [0.5, 0.6) is 5.75 Å². The Balaban J connectivity index is 2.08. The van der Waals surface area contributed by atoms with Gasteiger partial charge in [0, 0.05) is 23.4 Å². The molecule has 8 nitrogen and oxygen atoms in total. The first-order valence-electron chi connectivity index (χ1n) is 7.73. The summed E-state index contributed by atoms with van der Waals surface area (Å²) in [6.07, 6.45) is -1.09. The number of anilines is 1. The number of nitro benzene ring substituents is 1. The molecule has 26 heavy (non-hydrogen) atoms. The van der Waals surface area contributed by atoms with E-state index >= 15 is 0 Å². The largest absolute Gasteiger partial charge is 0.497 e. The second kappa shape index (κ2) is 8.11. The van der Waals surface area contributed by atoms with Crippen molar-refractivity contribution in [2.45, 2.75) is 20.0 Å². The molecular formula is C18H18N2O6. The van der Waals surface area contributed by atoms with Gasteiger partial charge in [0.2, 0.25) is 0 Å². The lowest BCUT2D eigenvalue weighted by molar-refractivity contribution is -0.385. The maximum Gasteiger partial charge on any atom is 0.339 e. The van der Waals surface area contributed by atoms with Crippen LogP contribution in [0.2, 0.25) is 0 Å². The standard InChI is InChI=1S/C18H18N2O6/c1-11-15(8-5-9-16(11)20(23)24)18(22)26-12(2)17(21)19-13-6-4-7-14(10-13)25-3/h4-10,12H,1-3H3,(H,19,21)/t12-/m1/s1. The summed E-state index contributed by atoms with van der Waals surface area (Å²) in [5, 5.41) is 13.6. The fourth-order valence-corrected chi connectivity index (χ4v) is 2.26. The van der Waals surface area contributed by atoms with Gasteiger partial charge in [-0.15, -0.1) is 0 Å². The molecule has 0 aliphatic rings. The number of esters is 1. The topological polar surface area (TPSA) is 108 Å². The van der Waals surface area contributed by atoms with Crippen molar-refractivity contribution >= 4 is 23.3 Å². The zero-order valence-corrected chi connectivity index (χ0v) is 14.5. The number of ether oxygens (including phenoxy) is 2. The predicted molar refractivity (Wildman–Crippen MR) is 94.3 cm³/mol. The number of hydrogen-bond donors (Lipinski definition) is 1. The van der Waals surface area contributed by atoms with Gasteiger partial charge in [-0.1, -0.05) is 12.1 Å². The third-order valence-corrected chi connectivity index (χ3v) is 3.71. The van der Waals surface area contributed by atoms with Crippen molar-refractivity contribution in [3.63, 3.8) is 0 Å². The normalized spacial score (nSPS) is 11.3. The minimum atomic E-state index is -1.09. The van der Waals surface area contributed by atoms with Gasteiger partial charge in [0.15, 0.2) is 6.10 Å². The van der Waals surface area contributed by atoms with Crippen LogP contribution in [0.25, 0.3) is 0 Å². The van der Waals surface area contributed by atoms with Crippen molar-refractivity contribution in [2.75, 3.05) is 12.4 Å². The van der Waals surface area contributed by atoms with Crippen LogP contribution in [0.1, 0.15) is 22.8 Å². The Labute approximate surface area is 149 Å². The molecule has 0 heterocycles. The van der Waals surface area contributed by atoms with Gasteiger partial charge < -0.3 is 14.8 Å². The Morgan fingerprint density at radius 1 is 1.19 bits per heavy atom. The van der Waals surface area contributed by atoms with Gasteiger partial charge in [-0.3, -0.25) is 14.9 Å². The first-order valence-corrected chi connectivity index (χ1v) is 7.73. The van der Waals surface area contributed by atoms with Crippen LogP contribution in [0.4, 0.5) is 11.4 Å². The molecule has 1 atom stereocenters. The molecule has 1 amide bonds. The molecule has 0 aromatic heterocycles. The maximum absolute atomic E-state index is 12.3. The van der Waals surface area contributed by atoms with Gasteiger partial charge in [0.05, 0.1) is 17.6 Å². The molecule has 1 N–H and O–H groups in total. The monoisotopic (exact) mass is 358 g/mol. The van der Waals surface area contributed by atoms with Crippen LogP contribution >= 0.6 is 0 Å². The van der Waals surface area contributed by atoms with Crippen LogP contribution in [-0.2, 0) is 9.53 Å². The number of amides is 1. The fraction of sp³-hybridized carbons (Fsp3) is 0.222. The summed E-state index contributed by atoms with van der Waals surface area (Å²) in [5.74, 6) is -0.770. The van der Waals surface area contributed by atoms with Gasteiger partial charge in [0.1, 0.15) is 5.75 Å². The molecule has 0 unspecified atom stereocenters. The summed E-state index contributed by atoms with van der Waals surface area (Å²) in [6, 6.07) is 10.8. The van der Waals surface area contributed by atoms with Crippen molar-refractivity contribution in [2.24, 2.45) is 0 Å². The summed E-state index contributed by atoms with van der Waals surface area (Å²) >= 11 is 0. The zero-order chi connectivity index (χ0) is 19.3. The molecule has 0 saturated carbocycles. The maximum atomic E-state index is 12.3. The number of carbonyl (C=O) groups excluding carboxylic acids is 2. The average Bonchev–Trinajstić information content (AvgIpc) is 2.61. The number of carbonyl (C=O) groups is 2. The van der Waals surface area contributed by atoms with Crippen molar-refractivity contribution in [3.05, 3.63) is 63.7 Å². The average molecular weight is 358 g/mol. The summed E-state index contributed by atoms with van der Waals surface area (Å²) in [7, 11) is 1.51. The van der Waals surface area contributed by atoms with Gasteiger partial charge in [0.25, 0.3) is 11.6 Å². The first kappa shape index (κ1) is 18.9. The predicted octanol–water partition coefficient (Wildman–Crippen LogP) is 3.10. The van der Waals surface area contributed by atoms with E-state index in [2.05, 4.69) is 5.32 Å². The molecule has 0 bridgehead atoms. The van der Waals surface area contributed by atoms with Gasteiger partial charge >= 0.3 is 5.97 Å². The van der Waals surface area contributed by atoms with E-state index in [0.29, 0.717) is 11.4 Å². The van der Waals surface area contributed by atoms with Crippen LogP contribution in [-0.4, -0.2) is 30.0 Å².